The third-order valence-electron chi connectivity index (χ3n) is 2.41. The van der Waals surface area contributed by atoms with E-state index in [1.807, 2.05) is 25.1 Å². The maximum absolute atomic E-state index is 5.46. The average molecular weight is 218 g/mol. The predicted molar refractivity (Wildman–Crippen MR) is 65.8 cm³/mol. The molecule has 0 aliphatic carbocycles. The lowest BCUT2D eigenvalue weighted by molar-refractivity contribution is 0.340. The maximum atomic E-state index is 5.46. The van der Waals surface area contributed by atoms with Crippen LogP contribution in [-0.2, 0) is 6.42 Å². The van der Waals surface area contributed by atoms with E-state index < -0.39 is 0 Å². The molecule has 0 saturated heterocycles. The molecule has 0 radical (unpaired) electrons. The summed E-state index contributed by atoms with van der Waals surface area (Å²) in [4.78, 5) is 7.88. The Morgan fingerprint density at radius 3 is 2.88 bits per heavy atom. The summed E-state index contributed by atoms with van der Waals surface area (Å²) in [5.41, 5.74) is 2.07. The van der Waals surface area contributed by atoms with E-state index >= 15 is 0 Å². The number of aromatic amines is 1. The van der Waals surface area contributed by atoms with E-state index in [4.69, 9.17) is 4.74 Å². The standard InChI is InChI=1S/C13H18N2O/c1-4-16-10-5-6-11-12(8-10)15-13(14-11)7-9(2)3/h5-6,8-9H,4,7H2,1-3H3,(H,14,15). The highest BCUT2D eigenvalue weighted by atomic mass is 16.5. The number of benzene rings is 1. The lowest BCUT2D eigenvalue weighted by Gasteiger charge is -2.01. The van der Waals surface area contributed by atoms with Crippen molar-refractivity contribution in [2.45, 2.75) is 27.2 Å². The minimum absolute atomic E-state index is 0.618. The molecule has 0 saturated carbocycles. The van der Waals surface area contributed by atoms with Gasteiger partial charge in [-0.05, 0) is 25.0 Å². The van der Waals surface area contributed by atoms with Crippen LogP contribution >= 0.6 is 0 Å². The first-order chi connectivity index (χ1) is 7.69. The molecule has 1 aromatic carbocycles. The molecule has 3 heteroatoms. The quantitative estimate of drug-likeness (QED) is 0.856. The molecule has 2 rings (SSSR count). The summed E-state index contributed by atoms with van der Waals surface area (Å²) in [5, 5.41) is 0. The van der Waals surface area contributed by atoms with E-state index in [-0.39, 0.29) is 0 Å². The highest BCUT2D eigenvalue weighted by molar-refractivity contribution is 5.76. The van der Waals surface area contributed by atoms with Gasteiger partial charge in [0, 0.05) is 12.5 Å². The largest absolute Gasteiger partial charge is 0.494 e. The fourth-order valence-electron chi connectivity index (χ4n) is 1.78. The van der Waals surface area contributed by atoms with E-state index in [0.29, 0.717) is 12.5 Å². The zero-order valence-electron chi connectivity index (χ0n) is 10.1. The Bertz CT molecular complexity index is 474. The Balaban J connectivity index is 2.30. The van der Waals surface area contributed by atoms with Gasteiger partial charge in [0.2, 0.25) is 0 Å². The van der Waals surface area contributed by atoms with E-state index in [2.05, 4.69) is 23.8 Å². The third kappa shape index (κ3) is 2.35. The van der Waals surface area contributed by atoms with Gasteiger partial charge in [0.15, 0.2) is 0 Å². The first-order valence-electron chi connectivity index (χ1n) is 5.80. The van der Waals surface area contributed by atoms with Crippen molar-refractivity contribution >= 4 is 11.0 Å². The monoisotopic (exact) mass is 218 g/mol. The fourth-order valence-corrected chi connectivity index (χ4v) is 1.78. The summed E-state index contributed by atoms with van der Waals surface area (Å²) >= 11 is 0. The molecule has 16 heavy (non-hydrogen) atoms. The molecule has 0 unspecified atom stereocenters. The van der Waals surface area contributed by atoms with Gasteiger partial charge in [0.25, 0.3) is 0 Å². The third-order valence-corrected chi connectivity index (χ3v) is 2.41. The molecule has 0 fully saturated rings. The number of rotatable bonds is 4. The van der Waals surface area contributed by atoms with Crippen molar-refractivity contribution in [3.63, 3.8) is 0 Å². The molecule has 2 aromatic rings. The van der Waals surface area contributed by atoms with Gasteiger partial charge in [-0.3, -0.25) is 0 Å². The van der Waals surface area contributed by atoms with Crippen LogP contribution in [0, 0.1) is 5.92 Å². The number of hydrogen-bond acceptors (Lipinski definition) is 2. The van der Waals surface area contributed by atoms with E-state index in [0.717, 1.165) is 29.0 Å². The first kappa shape index (κ1) is 11.0. The van der Waals surface area contributed by atoms with Crippen molar-refractivity contribution in [2.75, 3.05) is 6.61 Å². The van der Waals surface area contributed by atoms with Crippen LogP contribution in [0.15, 0.2) is 18.2 Å². The number of nitrogens with one attached hydrogen (secondary N) is 1. The SMILES string of the molecule is CCOc1ccc2nc(CC(C)C)[nH]c2c1. The molecule has 0 aliphatic rings. The van der Waals surface area contributed by atoms with Crippen LogP contribution in [0.4, 0.5) is 0 Å². The summed E-state index contributed by atoms with van der Waals surface area (Å²) < 4.78 is 5.46. The van der Waals surface area contributed by atoms with Gasteiger partial charge in [-0.25, -0.2) is 4.98 Å². The number of H-pyrrole nitrogens is 1. The average Bonchev–Trinajstić information content (AvgIpc) is 2.58. The molecule has 3 nitrogen and oxygen atoms in total. The molecule has 0 amide bonds. The van der Waals surface area contributed by atoms with Crippen molar-refractivity contribution in [3.05, 3.63) is 24.0 Å². The van der Waals surface area contributed by atoms with Gasteiger partial charge in [0.05, 0.1) is 17.6 Å². The van der Waals surface area contributed by atoms with Crippen molar-refractivity contribution in [2.24, 2.45) is 5.92 Å². The molecule has 1 aromatic heterocycles. The summed E-state index contributed by atoms with van der Waals surface area (Å²) in [6.07, 6.45) is 0.985. The zero-order chi connectivity index (χ0) is 11.5. The van der Waals surface area contributed by atoms with Crippen molar-refractivity contribution in [1.82, 2.24) is 9.97 Å². The number of aromatic nitrogens is 2. The summed E-state index contributed by atoms with van der Waals surface area (Å²) in [5.74, 6) is 2.57. The normalized spacial score (nSPS) is 11.2. The van der Waals surface area contributed by atoms with E-state index in [9.17, 15) is 0 Å². The van der Waals surface area contributed by atoms with Gasteiger partial charge in [-0.15, -0.1) is 0 Å². The minimum Gasteiger partial charge on any atom is -0.494 e. The van der Waals surface area contributed by atoms with Crippen LogP contribution in [0.1, 0.15) is 26.6 Å². The molecule has 0 atom stereocenters. The maximum Gasteiger partial charge on any atom is 0.121 e. The number of fused-ring (bicyclic) bond motifs is 1. The van der Waals surface area contributed by atoms with Gasteiger partial charge >= 0.3 is 0 Å². The van der Waals surface area contributed by atoms with Crippen molar-refractivity contribution in [1.29, 1.82) is 0 Å². The Hall–Kier alpha value is -1.51. The second-order valence-electron chi connectivity index (χ2n) is 4.39. The molecule has 0 spiro atoms. The highest BCUT2D eigenvalue weighted by Crippen LogP contribution is 2.19. The van der Waals surface area contributed by atoms with Crippen LogP contribution in [-0.4, -0.2) is 16.6 Å². The van der Waals surface area contributed by atoms with Gasteiger partial charge in [-0.1, -0.05) is 13.8 Å². The Morgan fingerprint density at radius 1 is 1.38 bits per heavy atom. The summed E-state index contributed by atoms with van der Waals surface area (Å²) in [6.45, 7) is 7.07. The highest BCUT2D eigenvalue weighted by Gasteiger charge is 2.05. The van der Waals surface area contributed by atoms with E-state index in [1.54, 1.807) is 0 Å². The lowest BCUT2D eigenvalue weighted by atomic mass is 10.1. The number of imidazole rings is 1. The topological polar surface area (TPSA) is 37.9 Å². The molecule has 1 heterocycles. The number of nitrogens with zero attached hydrogens (tertiary/aromatic N) is 1. The number of hydrogen-bond donors (Lipinski definition) is 1. The van der Waals surface area contributed by atoms with Gasteiger partial charge < -0.3 is 9.72 Å². The second kappa shape index (κ2) is 4.56. The van der Waals surface area contributed by atoms with Gasteiger partial charge in [0.1, 0.15) is 11.6 Å². The number of ether oxygens (including phenoxy) is 1. The molecule has 0 bridgehead atoms. The van der Waals surface area contributed by atoms with Crippen LogP contribution in [0.25, 0.3) is 11.0 Å². The van der Waals surface area contributed by atoms with Crippen molar-refractivity contribution < 1.29 is 4.74 Å². The molecule has 1 N–H and O–H groups in total. The van der Waals surface area contributed by atoms with Crippen LogP contribution in [0.3, 0.4) is 0 Å². The lowest BCUT2D eigenvalue weighted by Crippen LogP contribution is -1.95. The Labute approximate surface area is 95.8 Å². The first-order valence-corrected chi connectivity index (χ1v) is 5.80. The molecule has 86 valence electrons. The summed E-state index contributed by atoms with van der Waals surface area (Å²) in [7, 11) is 0. The second-order valence-corrected chi connectivity index (χ2v) is 4.39. The van der Waals surface area contributed by atoms with E-state index in [1.165, 1.54) is 0 Å². The minimum atomic E-state index is 0.618. The smallest absolute Gasteiger partial charge is 0.121 e. The van der Waals surface area contributed by atoms with Crippen molar-refractivity contribution in [3.8, 4) is 5.75 Å². The van der Waals surface area contributed by atoms with Crippen LogP contribution < -0.4 is 4.74 Å². The zero-order valence-corrected chi connectivity index (χ0v) is 10.1. The molecule has 0 aliphatic heterocycles. The van der Waals surface area contributed by atoms with Gasteiger partial charge in [-0.2, -0.15) is 0 Å². The molecular formula is C13H18N2O. The Kier molecular flexibility index (Phi) is 3.13. The van der Waals surface area contributed by atoms with Crippen LogP contribution in [0.2, 0.25) is 0 Å². The predicted octanol–water partition coefficient (Wildman–Crippen LogP) is 3.16. The molecular weight excluding hydrogens is 200 g/mol. The fraction of sp³-hybridized carbons (Fsp3) is 0.462. The summed E-state index contributed by atoms with van der Waals surface area (Å²) in [6, 6.07) is 5.97. The van der Waals surface area contributed by atoms with Crippen LogP contribution in [0.5, 0.6) is 5.75 Å². The Morgan fingerprint density at radius 2 is 2.19 bits per heavy atom.